The molecule has 0 N–H and O–H groups in total. The van der Waals surface area contributed by atoms with E-state index in [0.29, 0.717) is 24.3 Å². The smallest absolute Gasteiger partial charge is 0.149 e. The molecule has 0 aromatic rings. The van der Waals surface area contributed by atoms with Crippen LogP contribution in [0.3, 0.4) is 0 Å². The summed E-state index contributed by atoms with van der Waals surface area (Å²) < 4.78 is 5.45. The van der Waals surface area contributed by atoms with Crippen molar-refractivity contribution in [1.29, 1.82) is 0 Å². The molecule has 0 aliphatic carbocycles. The van der Waals surface area contributed by atoms with Crippen molar-refractivity contribution in [3.63, 3.8) is 0 Å². The summed E-state index contributed by atoms with van der Waals surface area (Å²) in [5, 5.41) is 0. The van der Waals surface area contributed by atoms with Crippen molar-refractivity contribution >= 4 is 5.78 Å². The highest BCUT2D eigenvalue weighted by Gasteiger charge is 2.27. The molecule has 3 nitrogen and oxygen atoms in total. The van der Waals surface area contributed by atoms with Gasteiger partial charge in [-0.25, -0.2) is 0 Å². The van der Waals surface area contributed by atoms with Crippen LogP contribution in [0, 0.1) is 11.8 Å². The quantitative estimate of drug-likeness (QED) is 0.719. The summed E-state index contributed by atoms with van der Waals surface area (Å²) in [6.07, 6.45) is 2.36. The van der Waals surface area contributed by atoms with Crippen molar-refractivity contribution in [1.82, 2.24) is 4.90 Å². The van der Waals surface area contributed by atoms with Gasteiger partial charge in [-0.05, 0) is 25.3 Å². The highest BCUT2D eigenvalue weighted by atomic mass is 16.5. The van der Waals surface area contributed by atoms with Crippen molar-refractivity contribution < 1.29 is 9.53 Å². The molecule has 1 fully saturated rings. The van der Waals surface area contributed by atoms with Crippen LogP contribution in [0.25, 0.3) is 0 Å². The molecular formula is C13H25NO2. The number of hydrogen-bond donors (Lipinski definition) is 0. The van der Waals surface area contributed by atoms with Crippen LogP contribution in [0.15, 0.2) is 0 Å². The van der Waals surface area contributed by atoms with E-state index in [1.165, 1.54) is 0 Å². The number of likely N-dealkylation sites (tertiary alicyclic amines) is 1. The molecular weight excluding hydrogens is 202 g/mol. The van der Waals surface area contributed by atoms with Gasteiger partial charge in [-0.2, -0.15) is 0 Å². The van der Waals surface area contributed by atoms with Gasteiger partial charge in [0.05, 0.1) is 12.6 Å². The van der Waals surface area contributed by atoms with Crippen LogP contribution in [-0.2, 0) is 9.53 Å². The van der Waals surface area contributed by atoms with E-state index in [1.807, 2.05) is 6.92 Å². The number of carbonyl (C=O) groups is 1. The van der Waals surface area contributed by atoms with Crippen LogP contribution in [0.4, 0.5) is 0 Å². The van der Waals surface area contributed by atoms with Crippen molar-refractivity contribution in [2.75, 3.05) is 26.7 Å². The topological polar surface area (TPSA) is 29.5 Å². The molecule has 3 heteroatoms. The molecule has 1 aliphatic heterocycles. The van der Waals surface area contributed by atoms with Gasteiger partial charge in [-0.15, -0.1) is 0 Å². The maximum Gasteiger partial charge on any atom is 0.149 e. The highest BCUT2D eigenvalue weighted by Crippen LogP contribution is 2.19. The number of Topliss-reactive ketones (excluding diaryl/α,β-unsaturated/α-hetero) is 1. The van der Waals surface area contributed by atoms with Gasteiger partial charge in [0.2, 0.25) is 0 Å². The lowest BCUT2D eigenvalue weighted by molar-refractivity contribution is -0.124. The van der Waals surface area contributed by atoms with Gasteiger partial charge in [0.25, 0.3) is 0 Å². The number of nitrogens with zero attached hydrogens (tertiary/aromatic N) is 1. The van der Waals surface area contributed by atoms with Crippen molar-refractivity contribution in [3.8, 4) is 0 Å². The van der Waals surface area contributed by atoms with Gasteiger partial charge >= 0.3 is 0 Å². The zero-order valence-electron chi connectivity index (χ0n) is 11.0. The first-order valence-corrected chi connectivity index (χ1v) is 6.36. The monoisotopic (exact) mass is 227 g/mol. The molecule has 0 aromatic heterocycles. The minimum Gasteiger partial charge on any atom is -0.380 e. The third kappa shape index (κ3) is 3.56. The standard InChI is InChI=1S/C13H25NO2/c1-5-10(2)12(15)8-14-7-6-11(3)13(9-14)16-4/h10-11,13H,5-9H2,1-4H3. The Balaban J connectivity index is 2.41. The van der Waals surface area contributed by atoms with E-state index in [9.17, 15) is 4.79 Å². The number of carbonyl (C=O) groups excluding carboxylic acids is 1. The summed E-state index contributed by atoms with van der Waals surface area (Å²) >= 11 is 0. The minimum atomic E-state index is 0.195. The van der Waals surface area contributed by atoms with Gasteiger partial charge in [0, 0.05) is 19.6 Å². The number of rotatable bonds is 5. The molecule has 0 spiro atoms. The second-order valence-corrected chi connectivity index (χ2v) is 5.05. The lowest BCUT2D eigenvalue weighted by atomic mass is 9.95. The first-order valence-electron chi connectivity index (χ1n) is 6.36. The van der Waals surface area contributed by atoms with E-state index in [1.54, 1.807) is 7.11 Å². The van der Waals surface area contributed by atoms with E-state index in [-0.39, 0.29) is 5.92 Å². The van der Waals surface area contributed by atoms with E-state index in [0.717, 1.165) is 25.9 Å². The zero-order chi connectivity index (χ0) is 12.1. The SMILES string of the molecule is CCC(C)C(=O)CN1CCC(C)C(OC)C1. The molecule has 3 unspecified atom stereocenters. The molecule has 1 aliphatic rings. The third-order valence-electron chi connectivity index (χ3n) is 3.82. The van der Waals surface area contributed by atoms with E-state index in [2.05, 4.69) is 18.7 Å². The van der Waals surface area contributed by atoms with Crippen LogP contribution in [0.5, 0.6) is 0 Å². The predicted octanol–water partition coefficient (Wildman–Crippen LogP) is 1.96. The minimum absolute atomic E-state index is 0.195. The van der Waals surface area contributed by atoms with Crippen molar-refractivity contribution in [2.24, 2.45) is 11.8 Å². The lowest BCUT2D eigenvalue weighted by Gasteiger charge is -2.36. The molecule has 0 amide bonds. The Morgan fingerprint density at radius 2 is 2.25 bits per heavy atom. The zero-order valence-corrected chi connectivity index (χ0v) is 11.0. The molecule has 0 aromatic carbocycles. The fourth-order valence-corrected chi connectivity index (χ4v) is 2.15. The van der Waals surface area contributed by atoms with Crippen LogP contribution in [0.2, 0.25) is 0 Å². The fraction of sp³-hybridized carbons (Fsp3) is 0.923. The summed E-state index contributed by atoms with van der Waals surface area (Å²) in [7, 11) is 1.77. The average Bonchev–Trinajstić information content (AvgIpc) is 2.30. The Morgan fingerprint density at radius 3 is 2.81 bits per heavy atom. The lowest BCUT2D eigenvalue weighted by Crippen LogP contribution is -2.46. The maximum absolute atomic E-state index is 11.8. The molecule has 1 heterocycles. The van der Waals surface area contributed by atoms with E-state index < -0.39 is 0 Å². The van der Waals surface area contributed by atoms with Crippen LogP contribution >= 0.6 is 0 Å². The highest BCUT2D eigenvalue weighted by molar-refractivity contribution is 5.82. The molecule has 0 saturated carbocycles. The van der Waals surface area contributed by atoms with E-state index >= 15 is 0 Å². The van der Waals surface area contributed by atoms with Crippen LogP contribution in [-0.4, -0.2) is 43.5 Å². The number of piperidine rings is 1. The van der Waals surface area contributed by atoms with Crippen molar-refractivity contribution in [3.05, 3.63) is 0 Å². The molecule has 0 bridgehead atoms. The van der Waals surface area contributed by atoms with Gasteiger partial charge in [-0.1, -0.05) is 20.8 Å². The number of ether oxygens (including phenoxy) is 1. The summed E-state index contributed by atoms with van der Waals surface area (Å²) in [5.74, 6) is 1.17. The average molecular weight is 227 g/mol. The molecule has 3 atom stereocenters. The predicted molar refractivity (Wildman–Crippen MR) is 65.5 cm³/mol. The second kappa shape index (κ2) is 6.36. The van der Waals surface area contributed by atoms with Gasteiger partial charge in [0.1, 0.15) is 5.78 Å². The first kappa shape index (κ1) is 13.7. The largest absolute Gasteiger partial charge is 0.380 e. The molecule has 0 radical (unpaired) electrons. The Hall–Kier alpha value is -0.410. The Morgan fingerprint density at radius 1 is 1.56 bits per heavy atom. The summed E-state index contributed by atoms with van der Waals surface area (Å²) in [6, 6.07) is 0. The normalized spacial score (nSPS) is 29.0. The Kier molecular flexibility index (Phi) is 5.42. The molecule has 16 heavy (non-hydrogen) atoms. The summed E-state index contributed by atoms with van der Waals surface area (Å²) in [6.45, 7) is 8.84. The van der Waals surface area contributed by atoms with Crippen molar-refractivity contribution in [2.45, 2.75) is 39.7 Å². The summed E-state index contributed by atoms with van der Waals surface area (Å²) in [4.78, 5) is 14.1. The van der Waals surface area contributed by atoms with E-state index in [4.69, 9.17) is 4.74 Å². The molecule has 1 rings (SSSR count). The number of hydrogen-bond acceptors (Lipinski definition) is 3. The third-order valence-corrected chi connectivity index (χ3v) is 3.82. The van der Waals surface area contributed by atoms with Gasteiger partial charge in [0.15, 0.2) is 0 Å². The molecule has 94 valence electrons. The van der Waals surface area contributed by atoms with Gasteiger partial charge in [-0.3, -0.25) is 9.69 Å². The first-order chi connectivity index (χ1) is 7.58. The number of methoxy groups -OCH3 is 1. The number of ketones is 1. The maximum atomic E-state index is 11.8. The van der Waals surface area contributed by atoms with Gasteiger partial charge < -0.3 is 4.74 Å². The summed E-state index contributed by atoms with van der Waals surface area (Å²) in [5.41, 5.74) is 0. The second-order valence-electron chi connectivity index (χ2n) is 5.05. The van der Waals surface area contributed by atoms with Crippen LogP contribution < -0.4 is 0 Å². The Bertz CT molecular complexity index is 230. The molecule has 1 saturated heterocycles. The van der Waals surface area contributed by atoms with Crippen LogP contribution in [0.1, 0.15) is 33.6 Å². The fourth-order valence-electron chi connectivity index (χ4n) is 2.15. The Labute approximate surface area is 99.1 Å².